The van der Waals surface area contributed by atoms with Crippen LogP contribution in [0.2, 0.25) is 0 Å². The Labute approximate surface area is 112 Å². The van der Waals surface area contributed by atoms with E-state index in [1.54, 1.807) is 7.11 Å². The summed E-state index contributed by atoms with van der Waals surface area (Å²) >= 11 is 3.70. The Morgan fingerprint density at radius 1 is 1.35 bits per heavy atom. The van der Waals surface area contributed by atoms with E-state index in [1.165, 1.54) is 28.4 Å². The monoisotopic (exact) mass is 297 g/mol. The van der Waals surface area contributed by atoms with E-state index in [0.29, 0.717) is 0 Å². The Kier molecular flexibility index (Phi) is 4.46. The Hall–Kier alpha value is -0.540. The fourth-order valence-electron chi connectivity index (χ4n) is 2.47. The number of benzene rings is 1. The lowest BCUT2D eigenvalue weighted by Crippen LogP contribution is -2.28. The Morgan fingerprint density at radius 3 is 2.71 bits per heavy atom. The number of hydrogen-bond acceptors (Lipinski definition) is 2. The van der Waals surface area contributed by atoms with Gasteiger partial charge >= 0.3 is 0 Å². The first-order valence-corrected chi connectivity index (χ1v) is 7.03. The summed E-state index contributed by atoms with van der Waals surface area (Å²) < 4.78 is 6.59. The molecule has 0 radical (unpaired) electrons. The number of hydrogen-bond donors (Lipinski definition) is 1. The fraction of sp³-hybridized carbons (Fsp3) is 0.571. The number of halogens is 1. The summed E-state index contributed by atoms with van der Waals surface area (Å²) in [4.78, 5) is 0. The van der Waals surface area contributed by atoms with Crippen molar-refractivity contribution in [3.63, 3.8) is 0 Å². The molecule has 3 heteroatoms. The van der Waals surface area contributed by atoms with Crippen LogP contribution in [-0.4, -0.2) is 20.2 Å². The maximum Gasteiger partial charge on any atom is 0.119 e. The van der Waals surface area contributed by atoms with Gasteiger partial charge in [-0.25, -0.2) is 0 Å². The highest BCUT2D eigenvalue weighted by atomic mass is 79.9. The smallest absolute Gasteiger partial charge is 0.119 e. The van der Waals surface area contributed by atoms with Crippen molar-refractivity contribution in [3.05, 3.63) is 27.7 Å². The highest BCUT2D eigenvalue weighted by molar-refractivity contribution is 9.10. The van der Waals surface area contributed by atoms with Crippen molar-refractivity contribution in [3.8, 4) is 5.75 Å². The summed E-state index contributed by atoms with van der Waals surface area (Å²) in [6, 6.07) is 4.25. The SMILES string of the molecule is COc1cc(C)c(Br)c(CC2CCNCC2)c1. The van der Waals surface area contributed by atoms with Crippen LogP contribution in [0.1, 0.15) is 24.0 Å². The van der Waals surface area contributed by atoms with Gasteiger partial charge in [0.2, 0.25) is 0 Å². The Balaban J connectivity index is 2.15. The van der Waals surface area contributed by atoms with Gasteiger partial charge in [-0.15, -0.1) is 0 Å². The van der Waals surface area contributed by atoms with E-state index in [2.05, 4.69) is 40.3 Å². The second kappa shape index (κ2) is 5.87. The lowest BCUT2D eigenvalue weighted by molar-refractivity contribution is 0.371. The van der Waals surface area contributed by atoms with Gasteiger partial charge in [0.15, 0.2) is 0 Å². The first-order chi connectivity index (χ1) is 8.20. The molecule has 1 heterocycles. The van der Waals surface area contributed by atoms with E-state index < -0.39 is 0 Å². The predicted octanol–water partition coefficient (Wildman–Crippen LogP) is 3.31. The van der Waals surface area contributed by atoms with Crippen LogP contribution >= 0.6 is 15.9 Å². The second-order valence-corrected chi connectivity index (χ2v) is 5.61. The maximum atomic E-state index is 5.35. The summed E-state index contributed by atoms with van der Waals surface area (Å²) in [7, 11) is 1.73. The molecule has 0 aromatic heterocycles. The minimum Gasteiger partial charge on any atom is -0.497 e. The summed E-state index contributed by atoms with van der Waals surface area (Å²) in [6.45, 7) is 4.44. The van der Waals surface area contributed by atoms with Crippen LogP contribution < -0.4 is 10.1 Å². The molecule has 0 saturated carbocycles. The van der Waals surface area contributed by atoms with Crippen molar-refractivity contribution in [1.29, 1.82) is 0 Å². The molecule has 17 heavy (non-hydrogen) atoms. The molecule has 1 N–H and O–H groups in total. The molecule has 0 aliphatic carbocycles. The molecule has 1 aromatic carbocycles. The number of ether oxygens (including phenoxy) is 1. The molecule has 0 unspecified atom stereocenters. The number of methoxy groups -OCH3 is 1. The summed E-state index contributed by atoms with van der Waals surface area (Å²) in [6.07, 6.45) is 3.71. The molecule has 1 aliphatic rings. The van der Waals surface area contributed by atoms with Crippen molar-refractivity contribution in [2.45, 2.75) is 26.2 Å². The van der Waals surface area contributed by atoms with Crippen LogP contribution in [0.15, 0.2) is 16.6 Å². The van der Waals surface area contributed by atoms with E-state index in [1.807, 2.05) is 0 Å². The standard InChI is InChI=1S/C14H20BrNO/c1-10-7-13(17-2)9-12(14(10)15)8-11-3-5-16-6-4-11/h7,9,11,16H,3-6,8H2,1-2H3. The van der Waals surface area contributed by atoms with Gasteiger partial charge in [-0.1, -0.05) is 15.9 Å². The molecule has 1 aliphatic heterocycles. The number of rotatable bonds is 3. The first-order valence-electron chi connectivity index (χ1n) is 6.24. The minimum absolute atomic E-state index is 0.805. The van der Waals surface area contributed by atoms with Crippen molar-refractivity contribution >= 4 is 15.9 Å². The number of nitrogens with one attached hydrogen (secondary N) is 1. The van der Waals surface area contributed by atoms with Crippen LogP contribution in [0.3, 0.4) is 0 Å². The van der Waals surface area contributed by atoms with Gasteiger partial charge in [0, 0.05) is 4.47 Å². The van der Waals surface area contributed by atoms with Gasteiger partial charge in [0.1, 0.15) is 5.75 Å². The Morgan fingerprint density at radius 2 is 2.06 bits per heavy atom. The fourth-order valence-corrected chi connectivity index (χ4v) is 2.86. The predicted molar refractivity (Wildman–Crippen MR) is 74.7 cm³/mol. The summed E-state index contributed by atoms with van der Waals surface area (Å²) in [5, 5.41) is 3.41. The van der Waals surface area contributed by atoms with Crippen molar-refractivity contribution in [1.82, 2.24) is 5.32 Å². The van der Waals surface area contributed by atoms with E-state index >= 15 is 0 Å². The molecule has 1 aromatic rings. The topological polar surface area (TPSA) is 21.3 Å². The van der Waals surface area contributed by atoms with Crippen LogP contribution in [0, 0.1) is 12.8 Å². The molecule has 1 saturated heterocycles. The van der Waals surface area contributed by atoms with Gasteiger partial charge in [-0.3, -0.25) is 0 Å². The lowest BCUT2D eigenvalue weighted by atomic mass is 9.90. The minimum atomic E-state index is 0.805. The third-order valence-corrected chi connectivity index (χ3v) is 4.64. The second-order valence-electron chi connectivity index (χ2n) is 4.81. The van der Waals surface area contributed by atoms with Crippen LogP contribution in [0.25, 0.3) is 0 Å². The third kappa shape index (κ3) is 3.23. The van der Waals surface area contributed by atoms with E-state index in [-0.39, 0.29) is 0 Å². The Bertz CT molecular complexity index is 386. The average molecular weight is 298 g/mol. The van der Waals surface area contributed by atoms with Crippen LogP contribution in [-0.2, 0) is 6.42 Å². The third-order valence-electron chi connectivity index (χ3n) is 3.51. The zero-order valence-electron chi connectivity index (χ0n) is 10.6. The molecule has 1 fully saturated rings. The van der Waals surface area contributed by atoms with Gasteiger partial charge in [-0.05, 0) is 68.5 Å². The van der Waals surface area contributed by atoms with Crippen LogP contribution in [0.5, 0.6) is 5.75 Å². The van der Waals surface area contributed by atoms with Gasteiger partial charge < -0.3 is 10.1 Å². The van der Waals surface area contributed by atoms with E-state index in [9.17, 15) is 0 Å². The quantitative estimate of drug-likeness (QED) is 0.924. The number of aryl methyl sites for hydroxylation is 1. The van der Waals surface area contributed by atoms with E-state index in [4.69, 9.17) is 4.74 Å². The largest absolute Gasteiger partial charge is 0.497 e. The lowest BCUT2D eigenvalue weighted by Gasteiger charge is -2.23. The first kappa shape index (κ1) is 12.9. The maximum absolute atomic E-state index is 5.35. The molecule has 94 valence electrons. The molecular formula is C14H20BrNO. The van der Waals surface area contributed by atoms with Gasteiger partial charge in [0.05, 0.1) is 7.11 Å². The molecule has 0 atom stereocenters. The van der Waals surface area contributed by atoms with Gasteiger partial charge in [-0.2, -0.15) is 0 Å². The average Bonchev–Trinajstić information content (AvgIpc) is 2.36. The highest BCUT2D eigenvalue weighted by Gasteiger charge is 2.16. The molecular weight excluding hydrogens is 278 g/mol. The molecule has 0 bridgehead atoms. The van der Waals surface area contributed by atoms with Crippen LogP contribution in [0.4, 0.5) is 0 Å². The van der Waals surface area contributed by atoms with E-state index in [0.717, 1.165) is 31.2 Å². The van der Waals surface area contributed by atoms with Crippen molar-refractivity contribution < 1.29 is 4.74 Å². The van der Waals surface area contributed by atoms with Crippen molar-refractivity contribution in [2.24, 2.45) is 5.92 Å². The molecule has 2 rings (SSSR count). The molecule has 0 amide bonds. The zero-order valence-corrected chi connectivity index (χ0v) is 12.1. The summed E-state index contributed by atoms with van der Waals surface area (Å²) in [5.41, 5.74) is 2.64. The highest BCUT2D eigenvalue weighted by Crippen LogP contribution is 2.30. The normalized spacial score (nSPS) is 17.1. The van der Waals surface area contributed by atoms with Gasteiger partial charge in [0.25, 0.3) is 0 Å². The van der Waals surface area contributed by atoms with Crippen molar-refractivity contribution in [2.75, 3.05) is 20.2 Å². The zero-order chi connectivity index (χ0) is 12.3. The summed E-state index contributed by atoms with van der Waals surface area (Å²) in [5.74, 6) is 1.77. The molecule has 2 nitrogen and oxygen atoms in total. The number of piperidine rings is 1. The molecule has 0 spiro atoms.